The Kier molecular flexibility index (Phi) is 15.0. The Balaban J connectivity index is 2.69. The highest BCUT2D eigenvalue weighted by atomic mass is 32.1. The van der Waals surface area contributed by atoms with Crippen molar-refractivity contribution in [2.24, 2.45) is 23.3 Å². The van der Waals surface area contributed by atoms with Gasteiger partial charge in [0.2, 0.25) is 35.4 Å². The number of carbonyl (C=O) groups is 7. The second-order valence-electron chi connectivity index (χ2n) is 10.8. The summed E-state index contributed by atoms with van der Waals surface area (Å²) in [6.07, 6.45) is 1.28. The van der Waals surface area contributed by atoms with Crippen LogP contribution in [-0.2, 0) is 33.6 Å². The molecule has 9 N–H and O–H groups in total. The van der Waals surface area contributed by atoms with E-state index in [9.17, 15) is 33.6 Å². The third-order valence-corrected chi connectivity index (χ3v) is 6.72. The molecule has 0 bridgehead atoms. The van der Waals surface area contributed by atoms with Gasteiger partial charge in [-0.25, -0.2) is 0 Å². The monoisotopic (exact) mass is 612 g/mol. The second-order valence-corrected chi connectivity index (χ2v) is 11.2. The summed E-state index contributed by atoms with van der Waals surface area (Å²) >= 11 is 4.09. The molecule has 1 rings (SSSR count). The van der Waals surface area contributed by atoms with Gasteiger partial charge in [0.1, 0.15) is 18.1 Å². The van der Waals surface area contributed by atoms with E-state index < -0.39 is 78.6 Å². The van der Waals surface area contributed by atoms with E-state index in [-0.39, 0.29) is 29.8 Å². The first-order chi connectivity index (χ1) is 19.6. The van der Waals surface area contributed by atoms with Crippen molar-refractivity contribution in [2.75, 3.05) is 25.4 Å². The minimum Gasteiger partial charge on any atom is -0.368 e. The number of rotatable bonds is 16. The lowest BCUT2D eigenvalue weighted by Gasteiger charge is -2.26. The fourth-order valence-corrected chi connectivity index (χ4v) is 4.42. The lowest BCUT2D eigenvalue weighted by atomic mass is 10.0. The summed E-state index contributed by atoms with van der Waals surface area (Å²) in [7, 11) is 0. The van der Waals surface area contributed by atoms with Crippen LogP contribution in [-0.4, -0.2) is 95.8 Å². The molecule has 0 aromatic rings. The van der Waals surface area contributed by atoms with Crippen LogP contribution in [0.3, 0.4) is 0 Å². The van der Waals surface area contributed by atoms with Crippen LogP contribution in [0.5, 0.6) is 0 Å². The van der Waals surface area contributed by atoms with Gasteiger partial charge in [-0.2, -0.15) is 12.6 Å². The van der Waals surface area contributed by atoms with Gasteiger partial charge in [-0.3, -0.25) is 33.6 Å². The van der Waals surface area contributed by atoms with E-state index in [1.807, 2.05) is 13.8 Å². The quantitative estimate of drug-likeness (QED) is 0.0670. The summed E-state index contributed by atoms with van der Waals surface area (Å²) in [5.74, 6) is -4.83. The molecule has 0 unspecified atom stereocenters. The number of thiol groups is 1. The maximum absolute atomic E-state index is 12.9. The van der Waals surface area contributed by atoms with Crippen molar-refractivity contribution in [3.05, 3.63) is 12.3 Å². The second kappa shape index (κ2) is 17.3. The number of hydrogen-bond donors (Lipinski definition) is 8. The van der Waals surface area contributed by atoms with Crippen LogP contribution in [0.15, 0.2) is 12.3 Å². The van der Waals surface area contributed by atoms with Crippen molar-refractivity contribution in [3.8, 4) is 0 Å². The van der Waals surface area contributed by atoms with Gasteiger partial charge in [-0.15, -0.1) is 0 Å². The van der Waals surface area contributed by atoms with Crippen LogP contribution in [0.4, 0.5) is 0 Å². The van der Waals surface area contributed by atoms with Crippen LogP contribution in [0, 0.1) is 11.8 Å². The third-order valence-electron chi connectivity index (χ3n) is 6.35. The Morgan fingerprint density at radius 2 is 1.60 bits per heavy atom. The first-order valence-electron chi connectivity index (χ1n) is 13.7. The predicted molar refractivity (Wildman–Crippen MR) is 157 cm³/mol. The van der Waals surface area contributed by atoms with Crippen molar-refractivity contribution in [3.63, 3.8) is 0 Å². The lowest BCUT2D eigenvalue weighted by molar-refractivity contribution is -0.137. The first-order valence-corrected chi connectivity index (χ1v) is 14.3. The Bertz CT molecular complexity index is 1050. The summed E-state index contributed by atoms with van der Waals surface area (Å²) < 4.78 is 0. The Labute approximate surface area is 251 Å². The van der Waals surface area contributed by atoms with E-state index in [0.717, 1.165) is 0 Å². The number of nitrogens with zero attached hydrogens (tertiary/aromatic N) is 1. The highest BCUT2D eigenvalue weighted by Gasteiger charge is 2.36. The summed E-state index contributed by atoms with van der Waals surface area (Å²) in [6.45, 7) is 10.2. The number of nitrogens with one attached hydrogen (secondary N) is 5. The zero-order valence-electron chi connectivity index (χ0n) is 24.5. The molecule has 0 aromatic heterocycles. The molecule has 0 radical (unpaired) electrons. The van der Waals surface area contributed by atoms with E-state index in [2.05, 4.69) is 45.8 Å². The molecule has 42 heavy (non-hydrogen) atoms. The Hall–Kier alpha value is -3.66. The molecule has 1 saturated heterocycles. The molecule has 236 valence electrons. The van der Waals surface area contributed by atoms with E-state index in [4.69, 9.17) is 11.5 Å². The molecule has 16 heteroatoms. The fraction of sp³-hybridized carbons (Fsp3) is 0.654. The molecule has 1 aliphatic heterocycles. The molecule has 1 fully saturated rings. The van der Waals surface area contributed by atoms with E-state index in [1.54, 1.807) is 13.8 Å². The van der Waals surface area contributed by atoms with Crippen molar-refractivity contribution in [1.29, 1.82) is 0 Å². The van der Waals surface area contributed by atoms with Crippen LogP contribution in [0.2, 0.25) is 0 Å². The minimum atomic E-state index is -1.14. The number of nitrogens with two attached hydrogens (primary N) is 2. The smallest absolute Gasteiger partial charge is 0.270 e. The summed E-state index contributed by atoms with van der Waals surface area (Å²) in [4.78, 5) is 87.9. The lowest BCUT2D eigenvalue weighted by Crippen LogP contribution is -2.57. The molecule has 1 heterocycles. The van der Waals surface area contributed by atoms with E-state index >= 15 is 0 Å². The molecule has 4 atom stereocenters. The molecule has 1 aliphatic rings. The molecule has 0 spiro atoms. The maximum atomic E-state index is 12.9. The topological polar surface area (TPSA) is 235 Å². The Morgan fingerprint density at radius 1 is 0.952 bits per heavy atom. The Morgan fingerprint density at radius 3 is 2.14 bits per heavy atom. The SMILES string of the molecule is C=C(NC(=O)[C@@H](N)CC(C)C)C(=O)N1CCC[C@H]1C(=O)NCC(=O)N[C@@H](CS)C(=O)N[C@H](C(=O)NCC(N)=O)C(C)C. The summed E-state index contributed by atoms with van der Waals surface area (Å²) in [5, 5.41) is 12.2. The molecule has 7 amide bonds. The minimum absolute atomic E-state index is 0.112. The van der Waals surface area contributed by atoms with Crippen molar-refractivity contribution >= 4 is 54.0 Å². The van der Waals surface area contributed by atoms with Gasteiger partial charge < -0.3 is 43.0 Å². The largest absolute Gasteiger partial charge is 0.368 e. The molecule has 0 aliphatic carbocycles. The zero-order chi connectivity index (χ0) is 32.1. The maximum Gasteiger partial charge on any atom is 0.270 e. The predicted octanol–water partition coefficient (Wildman–Crippen LogP) is -2.75. The molecular formula is C26H44N8O7S. The van der Waals surface area contributed by atoms with Gasteiger partial charge in [0.05, 0.1) is 24.8 Å². The average Bonchev–Trinajstić information content (AvgIpc) is 3.40. The van der Waals surface area contributed by atoms with Gasteiger partial charge in [0, 0.05) is 12.3 Å². The van der Waals surface area contributed by atoms with Crippen LogP contribution < -0.4 is 38.1 Å². The molecular weight excluding hydrogens is 568 g/mol. The zero-order valence-corrected chi connectivity index (χ0v) is 25.4. The number of likely N-dealkylation sites (tertiary alicyclic amines) is 1. The van der Waals surface area contributed by atoms with Crippen LogP contribution in [0.25, 0.3) is 0 Å². The number of primary amides is 1. The standard InChI is InChI=1S/C26H44N8O7S/c1-13(2)9-16(27)22(37)31-15(5)26(41)34-8-6-7-18(34)24(39)30-11-20(36)32-17(12-42)23(38)33-21(14(3)4)25(40)29-10-19(28)35/h13-14,16-18,21,42H,5-12,27H2,1-4H3,(H2,28,35)(H,29,40)(H,30,39)(H,31,37)(H,32,36)(H,33,38)/t16-,17-,18-,21-/m0/s1. The van der Waals surface area contributed by atoms with Gasteiger partial charge >= 0.3 is 0 Å². The van der Waals surface area contributed by atoms with E-state index in [0.29, 0.717) is 19.3 Å². The highest BCUT2D eigenvalue weighted by Crippen LogP contribution is 2.19. The summed E-state index contributed by atoms with van der Waals surface area (Å²) in [6, 6.07) is -3.85. The molecule has 0 saturated carbocycles. The fourth-order valence-electron chi connectivity index (χ4n) is 4.16. The number of amides is 7. The highest BCUT2D eigenvalue weighted by molar-refractivity contribution is 7.80. The van der Waals surface area contributed by atoms with Gasteiger partial charge in [-0.05, 0) is 31.1 Å². The van der Waals surface area contributed by atoms with Crippen LogP contribution in [0.1, 0.15) is 47.0 Å². The van der Waals surface area contributed by atoms with Crippen molar-refractivity contribution in [2.45, 2.75) is 71.1 Å². The van der Waals surface area contributed by atoms with E-state index in [1.165, 1.54) is 4.90 Å². The number of hydrogen-bond acceptors (Lipinski definition) is 9. The normalized spacial score (nSPS) is 16.7. The number of carbonyl (C=O) groups excluding carboxylic acids is 7. The van der Waals surface area contributed by atoms with Gasteiger partial charge in [-0.1, -0.05) is 34.3 Å². The first kappa shape index (κ1) is 36.4. The van der Waals surface area contributed by atoms with Crippen molar-refractivity contribution in [1.82, 2.24) is 31.5 Å². The third kappa shape index (κ3) is 11.7. The average molecular weight is 613 g/mol. The van der Waals surface area contributed by atoms with Gasteiger partial charge in [0.15, 0.2) is 0 Å². The molecule has 0 aromatic carbocycles. The van der Waals surface area contributed by atoms with Crippen LogP contribution >= 0.6 is 12.6 Å². The van der Waals surface area contributed by atoms with Crippen molar-refractivity contribution < 1.29 is 33.6 Å². The van der Waals surface area contributed by atoms with Gasteiger partial charge in [0.25, 0.3) is 5.91 Å². The molecule has 15 nitrogen and oxygen atoms in total. The summed E-state index contributed by atoms with van der Waals surface area (Å²) in [5.41, 5.74) is 10.7.